The van der Waals surface area contributed by atoms with E-state index in [1.165, 1.54) is 12.4 Å². The number of hydrogen-bond acceptors (Lipinski definition) is 2. The lowest BCUT2D eigenvalue weighted by Crippen LogP contribution is -2.33. The lowest BCUT2D eigenvalue weighted by atomic mass is 9.83. The third-order valence-electron chi connectivity index (χ3n) is 2.10. The Morgan fingerprint density at radius 1 is 1.50 bits per heavy atom. The van der Waals surface area contributed by atoms with Gasteiger partial charge in [-0.3, -0.25) is 4.90 Å². The highest BCUT2D eigenvalue weighted by Crippen LogP contribution is 2.31. The Kier molecular flexibility index (Phi) is 2.33. The van der Waals surface area contributed by atoms with Gasteiger partial charge in [0, 0.05) is 17.8 Å². The zero-order chi connectivity index (χ0) is 10.9. The van der Waals surface area contributed by atoms with Gasteiger partial charge >= 0.3 is 12.0 Å². The smallest absolute Gasteiger partial charge is 0.333 e. The van der Waals surface area contributed by atoms with Gasteiger partial charge in [0.25, 0.3) is 0 Å². The number of carboxylic acids is 1. The van der Waals surface area contributed by atoms with Crippen molar-refractivity contribution in [2.75, 3.05) is 0 Å². The van der Waals surface area contributed by atoms with Crippen molar-refractivity contribution in [1.82, 2.24) is 4.90 Å². The standard InChI is InChI=1S/C9H12N2O3/c1-9(2)3-4-11(8(10)14)5-6(9)7(12)13/h3-5H,1-2H3,(H2,10,14)(H,12,13). The fourth-order valence-corrected chi connectivity index (χ4v) is 1.17. The molecular formula is C9H12N2O3. The molecule has 0 bridgehead atoms. The molecule has 5 nitrogen and oxygen atoms in total. The van der Waals surface area contributed by atoms with Gasteiger partial charge in [-0.15, -0.1) is 0 Å². The molecule has 0 saturated heterocycles. The van der Waals surface area contributed by atoms with Crippen molar-refractivity contribution in [3.8, 4) is 0 Å². The van der Waals surface area contributed by atoms with Crippen LogP contribution in [0.2, 0.25) is 0 Å². The van der Waals surface area contributed by atoms with Crippen LogP contribution in [0.5, 0.6) is 0 Å². The van der Waals surface area contributed by atoms with Crippen LogP contribution in [0.1, 0.15) is 13.8 Å². The van der Waals surface area contributed by atoms with Crippen LogP contribution in [0.15, 0.2) is 24.0 Å². The Morgan fingerprint density at radius 3 is 2.50 bits per heavy atom. The summed E-state index contributed by atoms with van der Waals surface area (Å²) in [6, 6.07) is -0.699. The number of hydrogen-bond donors (Lipinski definition) is 2. The van der Waals surface area contributed by atoms with Crippen LogP contribution in [0.4, 0.5) is 4.79 Å². The second-order valence-corrected chi connectivity index (χ2v) is 3.63. The van der Waals surface area contributed by atoms with Gasteiger partial charge < -0.3 is 10.8 Å². The predicted octanol–water partition coefficient (Wildman–Crippen LogP) is 0.889. The number of primary amides is 1. The molecule has 76 valence electrons. The van der Waals surface area contributed by atoms with E-state index >= 15 is 0 Å². The molecule has 1 aliphatic rings. The molecule has 1 heterocycles. The highest BCUT2D eigenvalue weighted by molar-refractivity contribution is 5.90. The molecule has 0 aromatic carbocycles. The summed E-state index contributed by atoms with van der Waals surface area (Å²) in [5.41, 5.74) is 4.57. The van der Waals surface area contributed by atoms with Crippen LogP contribution in [-0.2, 0) is 4.79 Å². The molecule has 5 heteroatoms. The minimum absolute atomic E-state index is 0.138. The molecule has 2 amide bonds. The zero-order valence-corrected chi connectivity index (χ0v) is 8.02. The van der Waals surface area contributed by atoms with Crippen LogP contribution in [-0.4, -0.2) is 22.0 Å². The summed E-state index contributed by atoms with van der Waals surface area (Å²) in [4.78, 5) is 22.7. The number of amides is 2. The highest BCUT2D eigenvalue weighted by atomic mass is 16.4. The van der Waals surface area contributed by atoms with E-state index in [0.29, 0.717) is 0 Å². The van der Waals surface area contributed by atoms with Gasteiger partial charge in [-0.2, -0.15) is 0 Å². The van der Waals surface area contributed by atoms with Crippen molar-refractivity contribution in [3.05, 3.63) is 24.0 Å². The molecule has 0 atom stereocenters. The third kappa shape index (κ3) is 1.76. The molecule has 0 unspecified atom stereocenters. The Labute approximate surface area is 81.5 Å². The van der Waals surface area contributed by atoms with Crippen molar-refractivity contribution in [3.63, 3.8) is 0 Å². The summed E-state index contributed by atoms with van der Waals surface area (Å²) < 4.78 is 0. The summed E-state index contributed by atoms with van der Waals surface area (Å²) in [5, 5.41) is 8.89. The number of aliphatic carboxylic acids is 1. The van der Waals surface area contributed by atoms with E-state index in [0.717, 1.165) is 4.90 Å². The van der Waals surface area contributed by atoms with E-state index < -0.39 is 17.4 Å². The zero-order valence-electron chi connectivity index (χ0n) is 8.02. The number of nitrogens with zero attached hydrogens (tertiary/aromatic N) is 1. The molecule has 14 heavy (non-hydrogen) atoms. The first-order chi connectivity index (χ1) is 6.34. The summed E-state index contributed by atoms with van der Waals surface area (Å²) >= 11 is 0. The molecule has 1 rings (SSSR count). The van der Waals surface area contributed by atoms with Crippen molar-refractivity contribution in [2.24, 2.45) is 11.1 Å². The number of carbonyl (C=O) groups excluding carboxylic acids is 1. The molecule has 0 aromatic heterocycles. The summed E-state index contributed by atoms with van der Waals surface area (Å²) in [7, 11) is 0. The number of rotatable bonds is 1. The molecule has 0 fully saturated rings. The van der Waals surface area contributed by atoms with Crippen LogP contribution in [0.3, 0.4) is 0 Å². The Balaban J connectivity index is 3.08. The topological polar surface area (TPSA) is 83.6 Å². The van der Waals surface area contributed by atoms with Gasteiger partial charge in [0.1, 0.15) is 0 Å². The SMILES string of the molecule is CC1(C)C=CN(C(N)=O)C=C1C(=O)O. The van der Waals surface area contributed by atoms with E-state index in [1.807, 2.05) is 0 Å². The van der Waals surface area contributed by atoms with Gasteiger partial charge in [0.2, 0.25) is 0 Å². The third-order valence-corrected chi connectivity index (χ3v) is 2.10. The largest absolute Gasteiger partial charge is 0.478 e. The molecular weight excluding hydrogens is 184 g/mol. The Bertz CT molecular complexity index is 342. The molecule has 3 N–H and O–H groups in total. The van der Waals surface area contributed by atoms with Gasteiger partial charge in [-0.05, 0) is 0 Å². The molecule has 0 spiro atoms. The highest BCUT2D eigenvalue weighted by Gasteiger charge is 2.30. The van der Waals surface area contributed by atoms with E-state index in [9.17, 15) is 9.59 Å². The molecule has 0 aromatic rings. The average molecular weight is 196 g/mol. The number of allylic oxidation sites excluding steroid dienone is 1. The van der Waals surface area contributed by atoms with Crippen LogP contribution < -0.4 is 5.73 Å². The van der Waals surface area contributed by atoms with Crippen molar-refractivity contribution in [1.29, 1.82) is 0 Å². The second kappa shape index (κ2) is 3.17. The van der Waals surface area contributed by atoms with Gasteiger partial charge in [0.05, 0.1) is 5.57 Å². The lowest BCUT2D eigenvalue weighted by molar-refractivity contribution is -0.133. The summed E-state index contributed by atoms with van der Waals surface area (Å²) in [5.74, 6) is -1.05. The fourth-order valence-electron chi connectivity index (χ4n) is 1.17. The van der Waals surface area contributed by atoms with Gasteiger partial charge in [-0.25, -0.2) is 9.59 Å². The van der Waals surface area contributed by atoms with Crippen LogP contribution >= 0.6 is 0 Å². The summed E-state index contributed by atoms with van der Waals surface area (Å²) in [6.45, 7) is 3.50. The molecule has 0 aliphatic carbocycles. The fraction of sp³-hybridized carbons (Fsp3) is 0.333. The normalized spacial score (nSPS) is 19.0. The minimum Gasteiger partial charge on any atom is -0.478 e. The summed E-state index contributed by atoms with van der Waals surface area (Å²) in [6.07, 6.45) is 4.33. The predicted molar refractivity (Wildman–Crippen MR) is 50.1 cm³/mol. The number of urea groups is 1. The van der Waals surface area contributed by atoms with E-state index in [4.69, 9.17) is 10.8 Å². The Hall–Kier alpha value is -1.78. The Morgan fingerprint density at radius 2 is 2.07 bits per heavy atom. The van der Waals surface area contributed by atoms with Crippen molar-refractivity contribution < 1.29 is 14.7 Å². The average Bonchev–Trinajstić information content (AvgIpc) is 2.02. The minimum atomic E-state index is -1.05. The molecule has 0 saturated carbocycles. The maximum atomic E-state index is 10.9. The number of carboxylic acid groups (broad SMARTS) is 1. The van der Waals surface area contributed by atoms with Crippen LogP contribution in [0, 0.1) is 5.41 Å². The lowest BCUT2D eigenvalue weighted by Gasteiger charge is -2.28. The number of carbonyl (C=O) groups is 2. The van der Waals surface area contributed by atoms with Crippen LogP contribution in [0.25, 0.3) is 0 Å². The first kappa shape index (κ1) is 10.3. The van der Waals surface area contributed by atoms with E-state index in [-0.39, 0.29) is 5.57 Å². The second-order valence-electron chi connectivity index (χ2n) is 3.63. The van der Waals surface area contributed by atoms with E-state index in [2.05, 4.69) is 0 Å². The monoisotopic (exact) mass is 196 g/mol. The maximum Gasteiger partial charge on any atom is 0.333 e. The van der Waals surface area contributed by atoms with Gasteiger partial charge in [0.15, 0.2) is 0 Å². The maximum absolute atomic E-state index is 10.9. The first-order valence-electron chi connectivity index (χ1n) is 4.07. The molecule has 1 aliphatic heterocycles. The molecule has 0 radical (unpaired) electrons. The number of nitrogens with two attached hydrogens (primary N) is 1. The quantitative estimate of drug-likeness (QED) is 0.653. The van der Waals surface area contributed by atoms with Crippen molar-refractivity contribution in [2.45, 2.75) is 13.8 Å². The van der Waals surface area contributed by atoms with E-state index in [1.54, 1.807) is 19.9 Å². The van der Waals surface area contributed by atoms with Gasteiger partial charge in [-0.1, -0.05) is 19.9 Å². The van der Waals surface area contributed by atoms with Crippen molar-refractivity contribution >= 4 is 12.0 Å². The first-order valence-corrected chi connectivity index (χ1v) is 4.07.